The van der Waals surface area contributed by atoms with Gasteiger partial charge in [0.15, 0.2) is 0 Å². The largest absolute Gasteiger partial charge is 0.385 e. The third-order valence-electron chi connectivity index (χ3n) is 2.78. The molecule has 3 heteroatoms. The molecule has 0 aliphatic rings. The number of anilines is 1. The maximum Gasteiger partial charge on any atom is 0.253 e. The van der Waals surface area contributed by atoms with Crippen molar-refractivity contribution in [1.29, 1.82) is 0 Å². The molecular weight excluding hydrogens is 212 g/mol. The lowest BCUT2D eigenvalue weighted by Crippen LogP contribution is -2.32. The molecule has 2 N–H and O–H groups in total. The van der Waals surface area contributed by atoms with E-state index >= 15 is 0 Å². The molecule has 0 saturated heterocycles. The maximum atomic E-state index is 12.1. The summed E-state index contributed by atoms with van der Waals surface area (Å²) in [7, 11) is 0. The Kier molecular flexibility index (Phi) is 5.01. The molecule has 0 fully saturated rings. The Bertz CT molecular complexity index is 388. The highest BCUT2D eigenvalue weighted by molar-refractivity contribution is 6.00. The van der Waals surface area contributed by atoms with Gasteiger partial charge in [-0.2, -0.15) is 0 Å². The monoisotopic (exact) mass is 234 g/mol. The van der Waals surface area contributed by atoms with E-state index < -0.39 is 0 Å². The summed E-state index contributed by atoms with van der Waals surface area (Å²) >= 11 is 0. The van der Waals surface area contributed by atoms with Gasteiger partial charge in [0.2, 0.25) is 0 Å². The summed E-state index contributed by atoms with van der Waals surface area (Å²) in [6.45, 7) is 8.91. The minimum absolute atomic E-state index is 0.000926. The van der Waals surface area contributed by atoms with Crippen molar-refractivity contribution in [2.24, 2.45) is 0 Å². The fraction of sp³-hybridized carbons (Fsp3) is 0.500. The molecule has 1 atom stereocenters. The predicted octanol–water partition coefficient (Wildman–Crippen LogP) is 2.96. The number of amides is 1. The van der Waals surface area contributed by atoms with Gasteiger partial charge in [-0.25, -0.2) is 0 Å². The zero-order valence-electron chi connectivity index (χ0n) is 11.1. The van der Waals surface area contributed by atoms with Crippen molar-refractivity contribution in [3.8, 4) is 0 Å². The van der Waals surface area contributed by atoms with Crippen LogP contribution in [-0.4, -0.2) is 18.5 Å². The van der Waals surface area contributed by atoms with Crippen LogP contribution in [0.2, 0.25) is 0 Å². The number of carbonyl (C=O) groups is 1. The van der Waals surface area contributed by atoms with Gasteiger partial charge in [0.05, 0.1) is 5.56 Å². The summed E-state index contributed by atoms with van der Waals surface area (Å²) in [5, 5.41) is 6.21. The van der Waals surface area contributed by atoms with Crippen LogP contribution in [0.4, 0.5) is 5.69 Å². The number of carbonyl (C=O) groups excluding carboxylic acids is 1. The molecule has 0 spiro atoms. The molecule has 0 aliphatic heterocycles. The molecule has 0 bridgehead atoms. The Labute approximate surface area is 104 Å². The van der Waals surface area contributed by atoms with Crippen LogP contribution in [-0.2, 0) is 0 Å². The molecule has 17 heavy (non-hydrogen) atoms. The summed E-state index contributed by atoms with van der Waals surface area (Å²) in [5.74, 6) is -0.000926. The molecule has 1 amide bonds. The van der Waals surface area contributed by atoms with E-state index in [1.807, 2.05) is 39.0 Å². The van der Waals surface area contributed by atoms with Crippen molar-refractivity contribution in [3.05, 3.63) is 29.3 Å². The molecular formula is C14H22N2O. The van der Waals surface area contributed by atoms with Gasteiger partial charge in [-0.3, -0.25) is 4.79 Å². The highest BCUT2D eigenvalue weighted by atomic mass is 16.1. The van der Waals surface area contributed by atoms with Crippen molar-refractivity contribution >= 4 is 11.6 Å². The highest BCUT2D eigenvalue weighted by Gasteiger charge is 2.12. The molecule has 0 heterocycles. The first-order valence-corrected chi connectivity index (χ1v) is 6.23. The van der Waals surface area contributed by atoms with Crippen LogP contribution >= 0.6 is 0 Å². The van der Waals surface area contributed by atoms with Gasteiger partial charge in [0.1, 0.15) is 0 Å². The lowest BCUT2D eigenvalue weighted by atomic mass is 10.1. The highest BCUT2D eigenvalue weighted by Crippen LogP contribution is 2.17. The van der Waals surface area contributed by atoms with Crippen molar-refractivity contribution in [3.63, 3.8) is 0 Å². The first-order chi connectivity index (χ1) is 8.08. The molecule has 0 aliphatic carbocycles. The number of hydrogen-bond acceptors (Lipinski definition) is 2. The number of nitrogens with one attached hydrogen (secondary N) is 2. The average Bonchev–Trinajstić information content (AvgIpc) is 2.31. The minimum Gasteiger partial charge on any atom is -0.385 e. The summed E-state index contributed by atoms with van der Waals surface area (Å²) in [6, 6.07) is 6.11. The lowest BCUT2D eigenvalue weighted by Gasteiger charge is -2.15. The zero-order chi connectivity index (χ0) is 12.8. The lowest BCUT2D eigenvalue weighted by molar-refractivity contribution is 0.0940. The quantitative estimate of drug-likeness (QED) is 0.822. The van der Waals surface area contributed by atoms with E-state index in [1.165, 1.54) is 0 Å². The second-order valence-electron chi connectivity index (χ2n) is 4.36. The molecule has 0 aromatic heterocycles. The van der Waals surface area contributed by atoms with E-state index in [1.54, 1.807) is 0 Å². The average molecular weight is 234 g/mol. The van der Waals surface area contributed by atoms with Gasteiger partial charge in [-0.1, -0.05) is 18.6 Å². The van der Waals surface area contributed by atoms with Gasteiger partial charge in [-0.05, 0) is 39.3 Å². The second kappa shape index (κ2) is 6.28. The molecule has 0 radical (unpaired) electrons. The van der Waals surface area contributed by atoms with Gasteiger partial charge < -0.3 is 10.6 Å². The Balaban J connectivity index is 2.93. The van der Waals surface area contributed by atoms with E-state index in [4.69, 9.17) is 0 Å². The van der Waals surface area contributed by atoms with Crippen molar-refractivity contribution in [1.82, 2.24) is 5.32 Å². The van der Waals surface area contributed by atoms with Crippen LogP contribution in [0.15, 0.2) is 18.2 Å². The Morgan fingerprint density at radius 1 is 1.35 bits per heavy atom. The molecule has 1 rings (SSSR count). The van der Waals surface area contributed by atoms with Crippen LogP contribution in [0.3, 0.4) is 0 Å². The Morgan fingerprint density at radius 2 is 2.06 bits per heavy atom. The van der Waals surface area contributed by atoms with Crippen LogP contribution in [0, 0.1) is 6.92 Å². The van der Waals surface area contributed by atoms with E-state index in [0.717, 1.165) is 29.8 Å². The standard InChI is InChI=1S/C14H22N2O/c1-5-11(4)16-14(17)12-9-10(3)7-8-13(12)15-6-2/h7-9,11,15H,5-6H2,1-4H3,(H,16,17). The first-order valence-electron chi connectivity index (χ1n) is 6.23. The third-order valence-corrected chi connectivity index (χ3v) is 2.78. The smallest absolute Gasteiger partial charge is 0.253 e. The summed E-state index contributed by atoms with van der Waals surface area (Å²) in [4.78, 5) is 12.1. The molecule has 1 unspecified atom stereocenters. The molecule has 1 aromatic carbocycles. The fourth-order valence-electron chi connectivity index (χ4n) is 1.59. The second-order valence-corrected chi connectivity index (χ2v) is 4.36. The van der Waals surface area contributed by atoms with E-state index in [0.29, 0.717) is 0 Å². The van der Waals surface area contributed by atoms with Gasteiger partial charge >= 0.3 is 0 Å². The summed E-state index contributed by atoms with van der Waals surface area (Å²) in [5.41, 5.74) is 2.73. The van der Waals surface area contributed by atoms with Crippen LogP contribution in [0.25, 0.3) is 0 Å². The number of benzene rings is 1. The number of hydrogen-bond donors (Lipinski definition) is 2. The zero-order valence-corrected chi connectivity index (χ0v) is 11.1. The van der Waals surface area contributed by atoms with Gasteiger partial charge in [-0.15, -0.1) is 0 Å². The van der Waals surface area contributed by atoms with Crippen molar-refractivity contribution in [2.45, 2.75) is 40.2 Å². The summed E-state index contributed by atoms with van der Waals surface area (Å²) < 4.78 is 0. The van der Waals surface area contributed by atoms with Crippen LogP contribution < -0.4 is 10.6 Å². The van der Waals surface area contributed by atoms with Crippen LogP contribution in [0.1, 0.15) is 43.1 Å². The molecule has 0 saturated carbocycles. The SMILES string of the molecule is CCNc1ccc(C)cc1C(=O)NC(C)CC. The number of rotatable bonds is 5. The van der Waals surface area contributed by atoms with E-state index in [9.17, 15) is 4.79 Å². The number of aryl methyl sites for hydroxylation is 1. The Morgan fingerprint density at radius 3 is 2.65 bits per heavy atom. The normalized spacial score (nSPS) is 12.0. The molecule has 1 aromatic rings. The van der Waals surface area contributed by atoms with Crippen molar-refractivity contribution in [2.75, 3.05) is 11.9 Å². The van der Waals surface area contributed by atoms with Crippen LogP contribution in [0.5, 0.6) is 0 Å². The third kappa shape index (κ3) is 3.77. The summed E-state index contributed by atoms with van der Waals surface area (Å²) in [6.07, 6.45) is 0.939. The Hall–Kier alpha value is -1.51. The first kappa shape index (κ1) is 13.6. The maximum absolute atomic E-state index is 12.1. The topological polar surface area (TPSA) is 41.1 Å². The van der Waals surface area contributed by atoms with E-state index in [-0.39, 0.29) is 11.9 Å². The van der Waals surface area contributed by atoms with Crippen molar-refractivity contribution < 1.29 is 4.79 Å². The van der Waals surface area contributed by atoms with Gasteiger partial charge in [0, 0.05) is 18.3 Å². The molecule has 94 valence electrons. The van der Waals surface area contributed by atoms with Gasteiger partial charge in [0.25, 0.3) is 5.91 Å². The predicted molar refractivity (Wildman–Crippen MR) is 72.6 cm³/mol. The molecule has 3 nitrogen and oxygen atoms in total. The van der Waals surface area contributed by atoms with E-state index in [2.05, 4.69) is 17.6 Å². The minimum atomic E-state index is -0.000926. The fourth-order valence-corrected chi connectivity index (χ4v) is 1.59.